The lowest BCUT2D eigenvalue weighted by Crippen LogP contribution is -2.44. The van der Waals surface area contributed by atoms with Gasteiger partial charge in [0.2, 0.25) is 10.0 Å². The van der Waals surface area contributed by atoms with Gasteiger partial charge in [0.1, 0.15) is 0 Å². The summed E-state index contributed by atoms with van der Waals surface area (Å²) in [5.74, 6) is -0.0136. The standard InChI is InChI=1S/C23H28N2O5S/c1-17-9-10-20(31(27,28)24-15-18-6-3-2-4-7-18)14-21(17)22(26)25-11-5-8-19(16-25)23-29-12-13-30-23/h2-4,6-7,9-10,14,19,23-24H,5,8,11-13,15-16H2,1H3. The predicted molar refractivity (Wildman–Crippen MR) is 116 cm³/mol. The molecule has 0 bridgehead atoms. The van der Waals surface area contributed by atoms with Gasteiger partial charge in [-0.25, -0.2) is 13.1 Å². The summed E-state index contributed by atoms with van der Waals surface area (Å²) in [5, 5.41) is 0. The van der Waals surface area contributed by atoms with Crippen LogP contribution in [0.4, 0.5) is 0 Å². The van der Waals surface area contributed by atoms with E-state index in [1.54, 1.807) is 17.0 Å². The van der Waals surface area contributed by atoms with E-state index in [2.05, 4.69) is 4.72 Å². The highest BCUT2D eigenvalue weighted by Gasteiger charge is 2.33. The van der Waals surface area contributed by atoms with Gasteiger partial charge in [0.25, 0.3) is 5.91 Å². The normalized spacial score (nSPS) is 20.2. The fraction of sp³-hybridized carbons (Fsp3) is 0.435. The van der Waals surface area contributed by atoms with E-state index in [0.717, 1.165) is 24.0 Å². The molecule has 4 rings (SSSR count). The number of aryl methyl sites for hydroxylation is 1. The first-order valence-corrected chi connectivity index (χ1v) is 12.1. The lowest BCUT2D eigenvalue weighted by atomic mass is 9.96. The number of ether oxygens (including phenoxy) is 2. The largest absolute Gasteiger partial charge is 0.350 e. The number of carbonyl (C=O) groups is 1. The smallest absolute Gasteiger partial charge is 0.254 e. The third-order valence-corrected chi connectivity index (χ3v) is 7.24. The minimum atomic E-state index is -3.75. The number of hydrogen-bond donors (Lipinski definition) is 1. The van der Waals surface area contributed by atoms with Crippen molar-refractivity contribution >= 4 is 15.9 Å². The highest BCUT2D eigenvalue weighted by atomic mass is 32.2. The number of likely N-dealkylation sites (tertiary alicyclic amines) is 1. The molecule has 2 saturated heterocycles. The van der Waals surface area contributed by atoms with Gasteiger partial charge in [-0.15, -0.1) is 0 Å². The van der Waals surface area contributed by atoms with Gasteiger partial charge >= 0.3 is 0 Å². The van der Waals surface area contributed by atoms with E-state index < -0.39 is 10.0 Å². The molecule has 2 fully saturated rings. The number of nitrogens with one attached hydrogen (secondary N) is 1. The minimum absolute atomic E-state index is 0.0911. The lowest BCUT2D eigenvalue weighted by Gasteiger charge is -2.35. The van der Waals surface area contributed by atoms with Gasteiger partial charge in [-0.05, 0) is 43.0 Å². The molecule has 1 atom stereocenters. The van der Waals surface area contributed by atoms with Crippen molar-refractivity contribution in [3.05, 3.63) is 65.2 Å². The van der Waals surface area contributed by atoms with E-state index in [4.69, 9.17) is 9.47 Å². The third-order valence-electron chi connectivity index (χ3n) is 5.84. The maximum Gasteiger partial charge on any atom is 0.254 e. The van der Waals surface area contributed by atoms with Crippen molar-refractivity contribution in [3.63, 3.8) is 0 Å². The summed E-state index contributed by atoms with van der Waals surface area (Å²) in [6.07, 6.45) is 1.56. The zero-order chi connectivity index (χ0) is 21.8. The maximum atomic E-state index is 13.3. The number of hydrogen-bond acceptors (Lipinski definition) is 5. The molecule has 0 spiro atoms. The van der Waals surface area contributed by atoms with Crippen molar-refractivity contribution in [2.45, 2.75) is 37.5 Å². The molecule has 2 aromatic rings. The summed E-state index contributed by atoms with van der Waals surface area (Å²) in [7, 11) is -3.75. The van der Waals surface area contributed by atoms with Crippen LogP contribution < -0.4 is 4.72 Å². The molecular formula is C23H28N2O5S. The molecule has 166 valence electrons. The van der Waals surface area contributed by atoms with Gasteiger partial charge in [-0.3, -0.25) is 4.79 Å². The fourth-order valence-electron chi connectivity index (χ4n) is 4.09. The molecule has 2 heterocycles. The van der Waals surface area contributed by atoms with Crippen LogP contribution >= 0.6 is 0 Å². The van der Waals surface area contributed by atoms with Crippen molar-refractivity contribution in [1.82, 2.24) is 9.62 Å². The molecule has 0 aliphatic carbocycles. The van der Waals surface area contributed by atoms with Gasteiger partial charge in [-0.2, -0.15) is 0 Å². The summed E-state index contributed by atoms with van der Waals surface area (Å²) in [6.45, 7) is 4.38. The van der Waals surface area contributed by atoms with Gasteiger partial charge in [0, 0.05) is 31.1 Å². The number of amides is 1. The first-order valence-electron chi connectivity index (χ1n) is 10.6. The Bertz CT molecular complexity index is 1020. The number of nitrogens with zero attached hydrogens (tertiary/aromatic N) is 1. The second-order valence-electron chi connectivity index (χ2n) is 8.05. The van der Waals surface area contributed by atoms with Crippen molar-refractivity contribution in [2.75, 3.05) is 26.3 Å². The van der Waals surface area contributed by atoms with Crippen LogP contribution in [-0.2, 0) is 26.0 Å². The van der Waals surface area contributed by atoms with Crippen molar-refractivity contribution in [3.8, 4) is 0 Å². The van der Waals surface area contributed by atoms with E-state index in [1.165, 1.54) is 6.07 Å². The monoisotopic (exact) mass is 444 g/mol. The molecule has 1 unspecified atom stereocenters. The Hall–Kier alpha value is -2.26. The first kappa shape index (κ1) is 22.0. The van der Waals surface area contributed by atoms with Crippen molar-refractivity contribution < 1.29 is 22.7 Å². The average Bonchev–Trinajstić information content (AvgIpc) is 3.33. The summed E-state index contributed by atoms with van der Waals surface area (Å²) in [4.78, 5) is 15.1. The third kappa shape index (κ3) is 5.15. The van der Waals surface area contributed by atoms with E-state index in [-0.39, 0.29) is 29.6 Å². The number of sulfonamides is 1. The fourth-order valence-corrected chi connectivity index (χ4v) is 5.14. The zero-order valence-electron chi connectivity index (χ0n) is 17.6. The number of piperidine rings is 1. The predicted octanol–water partition coefficient (Wildman–Crippen LogP) is 2.70. The average molecular weight is 445 g/mol. The summed E-state index contributed by atoms with van der Waals surface area (Å²) >= 11 is 0. The molecular weight excluding hydrogens is 416 g/mol. The van der Waals surface area contributed by atoms with Crippen LogP contribution in [0, 0.1) is 12.8 Å². The molecule has 1 N–H and O–H groups in total. The maximum absolute atomic E-state index is 13.3. The van der Waals surface area contributed by atoms with E-state index in [9.17, 15) is 13.2 Å². The van der Waals surface area contributed by atoms with Crippen LogP contribution in [0.1, 0.15) is 34.3 Å². The zero-order valence-corrected chi connectivity index (χ0v) is 18.4. The van der Waals surface area contributed by atoms with Gasteiger partial charge in [0.05, 0.1) is 18.1 Å². The molecule has 8 heteroatoms. The van der Waals surface area contributed by atoms with Crippen LogP contribution in [0.15, 0.2) is 53.4 Å². The van der Waals surface area contributed by atoms with Crippen LogP contribution in [-0.4, -0.2) is 51.8 Å². The van der Waals surface area contributed by atoms with Crippen LogP contribution in [0.25, 0.3) is 0 Å². The molecule has 31 heavy (non-hydrogen) atoms. The van der Waals surface area contributed by atoms with Gasteiger partial charge < -0.3 is 14.4 Å². The molecule has 0 aromatic heterocycles. The van der Waals surface area contributed by atoms with Crippen LogP contribution in [0.2, 0.25) is 0 Å². The topological polar surface area (TPSA) is 84.9 Å². The summed E-state index contributed by atoms with van der Waals surface area (Å²) in [5.41, 5.74) is 2.03. The second-order valence-corrected chi connectivity index (χ2v) is 9.82. The number of carbonyl (C=O) groups excluding carboxylic acids is 1. The van der Waals surface area contributed by atoms with Gasteiger partial charge in [0.15, 0.2) is 6.29 Å². The van der Waals surface area contributed by atoms with Crippen molar-refractivity contribution in [2.24, 2.45) is 5.92 Å². The molecule has 2 aliphatic heterocycles. The Morgan fingerprint density at radius 3 is 2.61 bits per heavy atom. The molecule has 7 nitrogen and oxygen atoms in total. The van der Waals surface area contributed by atoms with Crippen LogP contribution in [0.3, 0.4) is 0 Å². The number of benzene rings is 2. The van der Waals surface area contributed by atoms with Crippen molar-refractivity contribution in [1.29, 1.82) is 0 Å². The molecule has 1 amide bonds. The Labute approximate surface area is 183 Å². The molecule has 0 radical (unpaired) electrons. The lowest BCUT2D eigenvalue weighted by molar-refractivity contribution is -0.0969. The molecule has 0 saturated carbocycles. The summed E-state index contributed by atoms with van der Waals surface area (Å²) < 4.78 is 39.5. The highest BCUT2D eigenvalue weighted by Crippen LogP contribution is 2.27. The Morgan fingerprint density at radius 2 is 1.87 bits per heavy atom. The number of rotatable bonds is 6. The SMILES string of the molecule is Cc1ccc(S(=O)(=O)NCc2ccccc2)cc1C(=O)N1CCCC(C2OCCO2)C1. The summed E-state index contributed by atoms with van der Waals surface area (Å²) in [6, 6.07) is 14.0. The van der Waals surface area contributed by atoms with Crippen LogP contribution in [0.5, 0.6) is 0 Å². The highest BCUT2D eigenvalue weighted by molar-refractivity contribution is 7.89. The second kappa shape index (κ2) is 9.48. The quantitative estimate of drug-likeness (QED) is 0.741. The van der Waals surface area contributed by atoms with E-state index in [1.807, 2.05) is 37.3 Å². The Balaban J connectivity index is 1.49. The van der Waals surface area contributed by atoms with Gasteiger partial charge in [-0.1, -0.05) is 36.4 Å². The van der Waals surface area contributed by atoms with E-state index >= 15 is 0 Å². The Kier molecular flexibility index (Phi) is 6.71. The Morgan fingerprint density at radius 1 is 1.13 bits per heavy atom. The van der Waals surface area contributed by atoms with E-state index in [0.29, 0.717) is 31.9 Å². The minimum Gasteiger partial charge on any atom is -0.350 e. The molecule has 2 aliphatic rings. The molecule has 2 aromatic carbocycles. The first-order chi connectivity index (χ1) is 14.9.